The van der Waals surface area contributed by atoms with Crippen LogP contribution in [0.5, 0.6) is 5.75 Å². The largest absolute Gasteiger partial charge is 0.494 e. The second-order valence-electron chi connectivity index (χ2n) is 4.74. The zero-order valence-corrected chi connectivity index (χ0v) is 12.7. The van der Waals surface area contributed by atoms with Crippen molar-refractivity contribution in [2.45, 2.75) is 19.8 Å². The lowest BCUT2D eigenvalue weighted by atomic mass is 10.1. The smallest absolute Gasteiger partial charge is 0.227 e. The molecule has 0 bridgehead atoms. The molecule has 1 N–H and O–H groups in total. The van der Waals surface area contributed by atoms with Crippen LogP contribution in [0.3, 0.4) is 0 Å². The third-order valence-electron chi connectivity index (χ3n) is 3.28. The van der Waals surface area contributed by atoms with E-state index in [0.29, 0.717) is 13.0 Å². The second kappa shape index (κ2) is 8.82. The van der Waals surface area contributed by atoms with Crippen LogP contribution in [-0.2, 0) is 11.2 Å². The maximum atomic E-state index is 12.2. The molecule has 2 rings (SSSR count). The zero-order chi connectivity index (χ0) is 13.5. The van der Waals surface area contributed by atoms with E-state index in [-0.39, 0.29) is 18.3 Å². The van der Waals surface area contributed by atoms with Crippen LogP contribution in [0.4, 0.5) is 0 Å². The summed E-state index contributed by atoms with van der Waals surface area (Å²) in [6.07, 6.45) is 1.52. The summed E-state index contributed by atoms with van der Waals surface area (Å²) < 4.78 is 5.40. The van der Waals surface area contributed by atoms with E-state index in [2.05, 4.69) is 5.32 Å². The molecule has 0 saturated carbocycles. The molecule has 1 aliphatic rings. The molecule has 0 atom stereocenters. The Labute approximate surface area is 126 Å². The van der Waals surface area contributed by atoms with Crippen molar-refractivity contribution in [1.29, 1.82) is 0 Å². The van der Waals surface area contributed by atoms with Crippen LogP contribution in [0.25, 0.3) is 0 Å². The molecule has 1 aromatic carbocycles. The Balaban J connectivity index is 0.00000200. The van der Waals surface area contributed by atoms with Crippen LogP contribution in [0.15, 0.2) is 24.3 Å². The van der Waals surface area contributed by atoms with Crippen molar-refractivity contribution in [2.75, 3.05) is 32.8 Å². The fourth-order valence-electron chi connectivity index (χ4n) is 2.25. The number of carbonyl (C=O) groups excluding carboxylic acids is 1. The van der Waals surface area contributed by atoms with Crippen molar-refractivity contribution in [3.63, 3.8) is 0 Å². The van der Waals surface area contributed by atoms with Crippen LogP contribution in [-0.4, -0.2) is 43.6 Å². The first kappa shape index (κ1) is 16.8. The van der Waals surface area contributed by atoms with Crippen molar-refractivity contribution >= 4 is 18.3 Å². The highest BCUT2D eigenvalue weighted by Crippen LogP contribution is 2.13. The summed E-state index contributed by atoms with van der Waals surface area (Å²) in [5.74, 6) is 1.07. The summed E-state index contributed by atoms with van der Waals surface area (Å²) >= 11 is 0. The molecule has 1 fully saturated rings. The number of benzene rings is 1. The Kier molecular flexibility index (Phi) is 7.41. The summed E-state index contributed by atoms with van der Waals surface area (Å²) in [7, 11) is 0. The van der Waals surface area contributed by atoms with Crippen molar-refractivity contribution in [2.24, 2.45) is 0 Å². The van der Waals surface area contributed by atoms with Gasteiger partial charge in [0, 0.05) is 19.6 Å². The lowest BCUT2D eigenvalue weighted by Crippen LogP contribution is -2.35. The SMILES string of the molecule is CCOc1ccc(CC(=O)N2CCCNCC2)cc1.Cl. The molecule has 0 unspecified atom stereocenters. The third-order valence-corrected chi connectivity index (χ3v) is 3.28. The highest BCUT2D eigenvalue weighted by atomic mass is 35.5. The Morgan fingerprint density at radius 2 is 2.00 bits per heavy atom. The van der Waals surface area contributed by atoms with Gasteiger partial charge in [0.15, 0.2) is 0 Å². The Bertz CT molecular complexity index is 401. The van der Waals surface area contributed by atoms with E-state index in [0.717, 1.165) is 43.9 Å². The van der Waals surface area contributed by atoms with Crippen molar-refractivity contribution in [3.05, 3.63) is 29.8 Å². The molecule has 20 heavy (non-hydrogen) atoms. The zero-order valence-electron chi connectivity index (χ0n) is 11.9. The van der Waals surface area contributed by atoms with Gasteiger partial charge in [0.1, 0.15) is 5.75 Å². The van der Waals surface area contributed by atoms with Crippen LogP contribution < -0.4 is 10.1 Å². The predicted octanol–water partition coefficient (Wildman–Crippen LogP) is 1.87. The van der Waals surface area contributed by atoms with Gasteiger partial charge >= 0.3 is 0 Å². The number of carbonyl (C=O) groups is 1. The Morgan fingerprint density at radius 3 is 2.70 bits per heavy atom. The van der Waals surface area contributed by atoms with E-state index in [1.54, 1.807) is 0 Å². The van der Waals surface area contributed by atoms with Gasteiger partial charge in [-0.1, -0.05) is 12.1 Å². The van der Waals surface area contributed by atoms with Crippen LogP contribution in [0, 0.1) is 0 Å². The highest BCUT2D eigenvalue weighted by Gasteiger charge is 2.15. The molecule has 0 spiro atoms. The molecule has 1 aromatic rings. The van der Waals surface area contributed by atoms with Gasteiger partial charge in [0.2, 0.25) is 5.91 Å². The maximum absolute atomic E-state index is 12.2. The number of nitrogens with one attached hydrogen (secondary N) is 1. The Morgan fingerprint density at radius 1 is 1.25 bits per heavy atom. The minimum atomic E-state index is 0. The van der Waals surface area contributed by atoms with Crippen LogP contribution >= 0.6 is 12.4 Å². The summed E-state index contributed by atoms with van der Waals surface area (Å²) in [5, 5.41) is 3.31. The van der Waals surface area contributed by atoms with Crippen LogP contribution in [0.1, 0.15) is 18.9 Å². The van der Waals surface area contributed by atoms with E-state index in [1.165, 1.54) is 0 Å². The van der Waals surface area contributed by atoms with E-state index >= 15 is 0 Å². The normalized spacial score (nSPS) is 15.2. The molecule has 1 amide bonds. The van der Waals surface area contributed by atoms with Crippen molar-refractivity contribution in [3.8, 4) is 5.75 Å². The van der Waals surface area contributed by atoms with Crippen LogP contribution in [0.2, 0.25) is 0 Å². The summed E-state index contributed by atoms with van der Waals surface area (Å²) in [6, 6.07) is 7.80. The fourth-order valence-corrected chi connectivity index (χ4v) is 2.25. The molecule has 112 valence electrons. The van der Waals surface area contributed by atoms with Gasteiger partial charge < -0.3 is 15.0 Å². The number of ether oxygens (including phenoxy) is 1. The second-order valence-corrected chi connectivity index (χ2v) is 4.74. The fraction of sp³-hybridized carbons (Fsp3) is 0.533. The first-order valence-electron chi connectivity index (χ1n) is 7.00. The number of hydrogen-bond acceptors (Lipinski definition) is 3. The minimum Gasteiger partial charge on any atom is -0.494 e. The standard InChI is InChI=1S/C15H22N2O2.ClH/c1-2-19-14-6-4-13(5-7-14)12-15(18)17-10-3-8-16-9-11-17;/h4-7,16H,2-3,8-12H2,1H3;1H. The molecule has 5 heteroatoms. The number of rotatable bonds is 4. The summed E-state index contributed by atoms with van der Waals surface area (Å²) in [6.45, 7) is 6.21. The van der Waals surface area contributed by atoms with E-state index in [4.69, 9.17) is 4.74 Å². The van der Waals surface area contributed by atoms with Gasteiger partial charge in [-0.05, 0) is 37.6 Å². The van der Waals surface area contributed by atoms with Gasteiger partial charge in [-0.2, -0.15) is 0 Å². The monoisotopic (exact) mass is 298 g/mol. The van der Waals surface area contributed by atoms with Gasteiger partial charge in [-0.15, -0.1) is 12.4 Å². The van der Waals surface area contributed by atoms with Gasteiger partial charge in [-0.25, -0.2) is 0 Å². The highest BCUT2D eigenvalue weighted by molar-refractivity contribution is 5.85. The van der Waals surface area contributed by atoms with Gasteiger partial charge in [0.25, 0.3) is 0 Å². The third kappa shape index (κ3) is 5.02. The number of nitrogens with zero attached hydrogens (tertiary/aromatic N) is 1. The average Bonchev–Trinajstić information content (AvgIpc) is 2.70. The number of amides is 1. The molecule has 0 aromatic heterocycles. The van der Waals surface area contributed by atoms with Gasteiger partial charge in [0.05, 0.1) is 13.0 Å². The minimum absolute atomic E-state index is 0. The predicted molar refractivity (Wildman–Crippen MR) is 82.6 cm³/mol. The molecule has 1 aliphatic heterocycles. The average molecular weight is 299 g/mol. The molecular weight excluding hydrogens is 276 g/mol. The van der Waals surface area contributed by atoms with E-state index in [9.17, 15) is 4.79 Å². The maximum Gasteiger partial charge on any atom is 0.227 e. The van der Waals surface area contributed by atoms with Crippen molar-refractivity contribution < 1.29 is 9.53 Å². The van der Waals surface area contributed by atoms with Crippen molar-refractivity contribution in [1.82, 2.24) is 10.2 Å². The number of hydrogen-bond donors (Lipinski definition) is 1. The first-order chi connectivity index (χ1) is 9.29. The lowest BCUT2D eigenvalue weighted by molar-refractivity contribution is -0.130. The van der Waals surface area contributed by atoms with E-state index in [1.807, 2.05) is 36.1 Å². The summed E-state index contributed by atoms with van der Waals surface area (Å²) in [5.41, 5.74) is 1.05. The topological polar surface area (TPSA) is 41.6 Å². The molecule has 1 heterocycles. The molecule has 0 aliphatic carbocycles. The quantitative estimate of drug-likeness (QED) is 0.923. The number of halogens is 1. The lowest BCUT2D eigenvalue weighted by Gasteiger charge is -2.20. The molecular formula is C15H23ClN2O2. The molecule has 0 radical (unpaired) electrons. The molecule has 4 nitrogen and oxygen atoms in total. The van der Waals surface area contributed by atoms with Gasteiger partial charge in [-0.3, -0.25) is 4.79 Å². The summed E-state index contributed by atoms with van der Waals surface area (Å²) in [4.78, 5) is 14.2. The molecule has 1 saturated heterocycles. The van der Waals surface area contributed by atoms with E-state index < -0.39 is 0 Å². The Hall–Kier alpha value is -1.26. The first-order valence-corrected chi connectivity index (χ1v) is 7.00.